The van der Waals surface area contributed by atoms with Crippen LogP contribution in [0.25, 0.3) is 22.7 Å². The van der Waals surface area contributed by atoms with Crippen LogP contribution in [-0.4, -0.2) is 28.0 Å². The summed E-state index contributed by atoms with van der Waals surface area (Å²) in [5.74, 6) is 2.00. The summed E-state index contributed by atoms with van der Waals surface area (Å²) in [5.41, 5.74) is 3.59. The molecule has 2 aromatic heterocycles. The Labute approximate surface area is 206 Å². The highest BCUT2D eigenvalue weighted by Gasteiger charge is 2.16. The first kappa shape index (κ1) is 22.4. The number of anilines is 3. The summed E-state index contributed by atoms with van der Waals surface area (Å²) < 4.78 is 11.1. The molecule has 0 aliphatic carbocycles. The van der Waals surface area contributed by atoms with Gasteiger partial charge in [0.05, 0.1) is 7.11 Å². The van der Waals surface area contributed by atoms with Crippen LogP contribution >= 0.6 is 11.6 Å². The molecule has 2 heterocycles. The molecule has 3 aromatic carbocycles. The Morgan fingerprint density at radius 3 is 2.40 bits per heavy atom. The van der Waals surface area contributed by atoms with Crippen LogP contribution in [0.15, 0.2) is 77.2 Å². The molecule has 0 unspecified atom stereocenters. The third-order valence-electron chi connectivity index (χ3n) is 5.20. The molecule has 0 fully saturated rings. The van der Waals surface area contributed by atoms with E-state index in [0.29, 0.717) is 45.0 Å². The molecule has 0 aliphatic heterocycles. The Morgan fingerprint density at radius 2 is 1.69 bits per heavy atom. The highest BCUT2D eigenvalue weighted by atomic mass is 35.5. The minimum absolute atomic E-state index is 0.241. The van der Waals surface area contributed by atoms with Crippen molar-refractivity contribution in [1.29, 1.82) is 0 Å². The molecule has 0 radical (unpaired) electrons. The second kappa shape index (κ2) is 9.44. The van der Waals surface area contributed by atoms with E-state index < -0.39 is 0 Å². The fourth-order valence-electron chi connectivity index (χ4n) is 3.48. The van der Waals surface area contributed by atoms with Crippen molar-refractivity contribution >= 4 is 45.9 Å². The molecular formula is C26H20ClN5O3. The van der Waals surface area contributed by atoms with Gasteiger partial charge in [-0.05, 0) is 73.7 Å². The van der Waals surface area contributed by atoms with Gasteiger partial charge < -0.3 is 19.8 Å². The number of amides is 1. The molecule has 5 aromatic rings. The number of hydrogen-bond acceptors (Lipinski definition) is 7. The first-order chi connectivity index (χ1) is 17.0. The number of ether oxygens (including phenoxy) is 1. The highest BCUT2D eigenvalue weighted by Crippen LogP contribution is 2.29. The van der Waals surface area contributed by atoms with Gasteiger partial charge in [-0.15, -0.1) is 0 Å². The number of halogens is 1. The molecule has 0 spiro atoms. The molecule has 1 amide bonds. The molecule has 5 rings (SSSR count). The van der Waals surface area contributed by atoms with E-state index in [2.05, 4.69) is 25.6 Å². The molecule has 0 saturated heterocycles. The largest absolute Gasteiger partial charge is 0.497 e. The third kappa shape index (κ3) is 4.92. The fourth-order valence-corrected chi connectivity index (χ4v) is 3.67. The summed E-state index contributed by atoms with van der Waals surface area (Å²) in [4.78, 5) is 25.9. The predicted molar refractivity (Wildman–Crippen MR) is 135 cm³/mol. The van der Waals surface area contributed by atoms with Crippen LogP contribution in [0.2, 0.25) is 5.02 Å². The average Bonchev–Trinajstić information content (AvgIpc) is 3.29. The number of aryl methyl sites for hydroxylation is 1. The lowest BCUT2D eigenvalue weighted by molar-refractivity contribution is 0.102. The molecule has 8 nitrogen and oxygen atoms in total. The fraction of sp³-hybridized carbons (Fsp3) is 0.0769. The Morgan fingerprint density at radius 1 is 0.943 bits per heavy atom. The first-order valence-corrected chi connectivity index (χ1v) is 11.1. The lowest BCUT2D eigenvalue weighted by Gasteiger charge is -2.09. The Bertz CT molecular complexity index is 1520. The van der Waals surface area contributed by atoms with Gasteiger partial charge in [0.25, 0.3) is 11.6 Å². The highest BCUT2D eigenvalue weighted by molar-refractivity contribution is 6.31. The van der Waals surface area contributed by atoms with Crippen molar-refractivity contribution in [1.82, 2.24) is 15.0 Å². The van der Waals surface area contributed by atoms with Gasteiger partial charge in [-0.25, -0.2) is 9.97 Å². The maximum atomic E-state index is 12.5. The predicted octanol–water partition coefficient (Wildman–Crippen LogP) is 6.25. The maximum absolute atomic E-state index is 12.5. The zero-order valence-electron chi connectivity index (χ0n) is 18.9. The van der Waals surface area contributed by atoms with Gasteiger partial charge in [-0.3, -0.25) is 4.79 Å². The van der Waals surface area contributed by atoms with E-state index in [1.807, 2.05) is 36.4 Å². The molecule has 35 heavy (non-hydrogen) atoms. The van der Waals surface area contributed by atoms with Gasteiger partial charge in [-0.2, -0.15) is 4.98 Å². The van der Waals surface area contributed by atoms with Crippen molar-refractivity contribution in [3.63, 3.8) is 0 Å². The van der Waals surface area contributed by atoms with Crippen LogP contribution in [0.1, 0.15) is 16.2 Å². The number of hydrogen-bond donors (Lipinski definition) is 2. The molecular weight excluding hydrogens is 466 g/mol. The number of benzene rings is 3. The van der Waals surface area contributed by atoms with E-state index in [4.69, 9.17) is 20.8 Å². The number of carbonyl (C=O) groups excluding carboxylic acids is 1. The number of aromatic nitrogens is 3. The SMILES string of the molecule is COc1ccc(-c2nc3c(Nc4ccc(NC(=O)c5cccc(Cl)c5)cc4)nc(C)nc3o2)cc1. The second-order valence-corrected chi connectivity index (χ2v) is 8.12. The summed E-state index contributed by atoms with van der Waals surface area (Å²) in [6.45, 7) is 1.79. The summed E-state index contributed by atoms with van der Waals surface area (Å²) >= 11 is 5.98. The van der Waals surface area contributed by atoms with E-state index in [1.165, 1.54) is 0 Å². The molecule has 0 atom stereocenters. The number of nitrogens with zero attached hydrogens (tertiary/aromatic N) is 3. The van der Waals surface area contributed by atoms with Crippen molar-refractivity contribution in [3.05, 3.63) is 89.2 Å². The van der Waals surface area contributed by atoms with Crippen molar-refractivity contribution in [3.8, 4) is 17.2 Å². The molecule has 2 N–H and O–H groups in total. The Hall–Kier alpha value is -4.43. The lowest BCUT2D eigenvalue weighted by Crippen LogP contribution is -2.11. The Kier molecular flexibility index (Phi) is 6.03. The van der Waals surface area contributed by atoms with Crippen LogP contribution in [-0.2, 0) is 0 Å². The van der Waals surface area contributed by atoms with Crippen LogP contribution in [0, 0.1) is 6.92 Å². The van der Waals surface area contributed by atoms with Gasteiger partial charge in [0.2, 0.25) is 5.89 Å². The van der Waals surface area contributed by atoms with Crippen LogP contribution in [0.3, 0.4) is 0 Å². The number of carbonyl (C=O) groups is 1. The molecule has 9 heteroatoms. The van der Waals surface area contributed by atoms with Crippen LogP contribution in [0.5, 0.6) is 5.75 Å². The smallest absolute Gasteiger partial charge is 0.255 e. The molecule has 0 aliphatic rings. The third-order valence-corrected chi connectivity index (χ3v) is 5.43. The Balaban J connectivity index is 1.36. The van der Waals surface area contributed by atoms with E-state index in [0.717, 1.165) is 17.0 Å². The molecule has 0 bridgehead atoms. The van der Waals surface area contributed by atoms with Gasteiger partial charge in [-0.1, -0.05) is 17.7 Å². The minimum atomic E-state index is -0.241. The number of fused-ring (bicyclic) bond motifs is 1. The van der Waals surface area contributed by atoms with Crippen molar-refractivity contribution < 1.29 is 13.9 Å². The van der Waals surface area contributed by atoms with Crippen LogP contribution in [0.4, 0.5) is 17.2 Å². The normalized spacial score (nSPS) is 10.8. The van der Waals surface area contributed by atoms with Crippen molar-refractivity contribution in [2.75, 3.05) is 17.7 Å². The minimum Gasteiger partial charge on any atom is -0.497 e. The topological polar surface area (TPSA) is 102 Å². The van der Waals surface area contributed by atoms with Gasteiger partial charge in [0.1, 0.15) is 11.6 Å². The quantitative estimate of drug-likeness (QED) is 0.293. The van der Waals surface area contributed by atoms with E-state index in [-0.39, 0.29) is 5.91 Å². The monoisotopic (exact) mass is 485 g/mol. The molecule has 174 valence electrons. The standard InChI is InChI=1S/C26H20ClN5O3/c1-15-28-23(22-26(29-15)35-25(32-22)16-6-12-21(34-2)13-7-16)30-19-8-10-20(11-9-19)31-24(33)17-4-3-5-18(27)14-17/h3-14H,1-2H3,(H,31,33)(H,28,29,30). The first-order valence-electron chi connectivity index (χ1n) is 10.7. The number of methoxy groups -OCH3 is 1. The number of oxazole rings is 1. The number of nitrogens with one attached hydrogen (secondary N) is 2. The number of rotatable bonds is 6. The van der Waals surface area contributed by atoms with Crippen LogP contribution < -0.4 is 15.4 Å². The van der Waals surface area contributed by atoms with Gasteiger partial charge in [0, 0.05) is 27.5 Å². The average molecular weight is 486 g/mol. The maximum Gasteiger partial charge on any atom is 0.255 e. The zero-order chi connectivity index (χ0) is 24.4. The second-order valence-electron chi connectivity index (χ2n) is 7.69. The summed E-state index contributed by atoms with van der Waals surface area (Å²) in [6.07, 6.45) is 0. The van der Waals surface area contributed by atoms with E-state index in [1.54, 1.807) is 50.4 Å². The van der Waals surface area contributed by atoms with Crippen molar-refractivity contribution in [2.24, 2.45) is 0 Å². The van der Waals surface area contributed by atoms with Crippen molar-refractivity contribution in [2.45, 2.75) is 6.92 Å². The summed E-state index contributed by atoms with van der Waals surface area (Å²) in [6, 6.07) is 21.5. The summed E-state index contributed by atoms with van der Waals surface area (Å²) in [7, 11) is 1.62. The van der Waals surface area contributed by atoms with E-state index in [9.17, 15) is 4.79 Å². The summed E-state index contributed by atoms with van der Waals surface area (Å²) in [5, 5.41) is 6.63. The molecule has 0 saturated carbocycles. The van der Waals surface area contributed by atoms with E-state index >= 15 is 0 Å². The van der Waals surface area contributed by atoms with Gasteiger partial charge >= 0.3 is 0 Å². The zero-order valence-corrected chi connectivity index (χ0v) is 19.6. The van der Waals surface area contributed by atoms with Gasteiger partial charge in [0.15, 0.2) is 11.3 Å². The lowest BCUT2D eigenvalue weighted by atomic mass is 10.2.